The Morgan fingerprint density at radius 1 is 0.653 bits per heavy atom. The summed E-state index contributed by atoms with van der Waals surface area (Å²) in [5.41, 5.74) is 5.65. The van der Waals surface area contributed by atoms with Crippen LogP contribution in [0, 0.1) is 40.7 Å². The van der Waals surface area contributed by atoms with Crippen molar-refractivity contribution in [2.75, 3.05) is 6.61 Å². The molecule has 366 valence electrons. The fraction of sp³-hybridized carbons (Fsp3) is 0.114. The first-order valence-corrected chi connectivity index (χ1v) is 20.7. The van der Waals surface area contributed by atoms with Crippen LogP contribution in [0.3, 0.4) is 0 Å². The van der Waals surface area contributed by atoms with Gasteiger partial charge in [-0.25, -0.2) is 33.5 Å². The quantitative estimate of drug-likeness (QED) is 0.0393. The summed E-state index contributed by atoms with van der Waals surface area (Å²) in [5.74, 6) is -6.11. The summed E-state index contributed by atoms with van der Waals surface area (Å²) in [7, 11) is 0. The molecule has 0 spiro atoms. The molecule has 0 saturated heterocycles. The standard InChI is InChI=1S/C16H10F2N6O2.C15H12F2N4O3.C13H10F2N6O/c17-10-7-20-15(21-16(10)25)12-6-13(11-3-5-26-23-11)24(22-12)8-9-2-1-4-19-14(9)18;1-2-23-15(22)12-11(16)13(10-5-7-24-20-10)21(19-12)8-9-4-3-6-18-14(9)17;14-9-10(13(16)17)19-21(11(9)8-3-5-22-20-8)6-7-2-1-4-18-12(7)15/h1-7H,8H2,(H,20,21,25);3-7H,2,8H2,1H3;1-5H,6H2,(H3,16,17). The molecule has 10 aromatic rings. The van der Waals surface area contributed by atoms with Crippen LogP contribution in [0.15, 0.2) is 123 Å². The van der Waals surface area contributed by atoms with Crippen molar-refractivity contribution in [3.8, 4) is 45.7 Å². The molecular weight excluding hydrogens is 963 g/mol. The molecule has 22 nitrogen and oxygen atoms in total. The van der Waals surface area contributed by atoms with Crippen molar-refractivity contribution in [2.45, 2.75) is 26.6 Å². The van der Waals surface area contributed by atoms with E-state index >= 15 is 0 Å². The van der Waals surface area contributed by atoms with Crippen LogP contribution in [0.2, 0.25) is 0 Å². The lowest BCUT2D eigenvalue weighted by Gasteiger charge is -2.06. The molecule has 0 fully saturated rings. The maximum Gasteiger partial charge on any atom is 0.361 e. The van der Waals surface area contributed by atoms with E-state index < -0.39 is 58.4 Å². The molecule has 0 saturated carbocycles. The van der Waals surface area contributed by atoms with Crippen LogP contribution in [0.4, 0.5) is 26.3 Å². The number of nitrogens with one attached hydrogen (secondary N) is 2. The average Bonchev–Trinajstić information content (AvgIpc) is 4.24. The molecule has 28 heteroatoms. The summed E-state index contributed by atoms with van der Waals surface area (Å²) in [4.78, 5) is 40.1. The number of aromatic amines is 1. The molecule has 0 aromatic carbocycles. The minimum absolute atomic E-state index is 0.0396. The van der Waals surface area contributed by atoms with Gasteiger partial charge < -0.3 is 29.0 Å². The number of ether oxygens (including phenoxy) is 1. The van der Waals surface area contributed by atoms with E-state index in [9.17, 15) is 35.9 Å². The first kappa shape index (κ1) is 48.6. The molecule has 10 rings (SSSR count). The highest BCUT2D eigenvalue weighted by molar-refractivity contribution is 5.94. The van der Waals surface area contributed by atoms with Gasteiger partial charge in [-0.1, -0.05) is 33.7 Å². The number of aromatic nitrogens is 14. The van der Waals surface area contributed by atoms with Crippen molar-refractivity contribution in [2.24, 2.45) is 5.73 Å². The van der Waals surface area contributed by atoms with Crippen molar-refractivity contribution in [3.05, 3.63) is 178 Å². The van der Waals surface area contributed by atoms with E-state index in [1.54, 1.807) is 43.3 Å². The van der Waals surface area contributed by atoms with Gasteiger partial charge in [0.1, 0.15) is 58.8 Å². The number of nitrogen functional groups attached to an aromatic ring is 1. The van der Waals surface area contributed by atoms with E-state index in [1.807, 2.05) is 0 Å². The lowest BCUT2D eigenvalue weighted by Crippen LogP contribution is -2.14. The molecule has 0 unspecified atom stereocenters. The van der Waals surface area contributed by atoms with Crippen LogP contribution in [0.25, 0.3) is 45.7 Å². The van der Waals surface area contributed by atoms with E-state index in [0.717, 1.165) is 10.9 Å². The molecule has 10 aromatic heterocycles. The number of rotatable bonds is 13. The number of amidine groups is 1. The van der Waals surface area contributed by atoms with Crippen LogP contribution < -0.4 is 11.3 Å². The monoisotopic (exact) mass is 994 g/mol. The minimum atomic E-state index is -0.998. The fourth-order valence-corrected chi connectivity index (χ4v) is 6.58. The zero-order valence-corrected chi connectivity index (χ0v) is 36.8. The molecule has 0 aliphatic heterocycles. The number of hydrogen-bond acceptors (Lipinski definition) is 17. The highest BCUT2D eigenvalue weighted by atomic mass is 19.1. The number of carbonyl (C=O) groups is 1. The van der Waals surface area contributed by atoms with Crippen molar-refractivity contribution in [3.63, 3.8) is 0 Å². The summed E-state index contributed by atoms with van der Waals surface area (Å²) in [6.45, 7) is 1.50. The van der Waals surface area contributed by atoms with Gasteiger partial charge >= 0.3 is 5.97 Å². The first-order chi connectivity index (χ1) is 34.8. The Kier molecular flexibility index (Phi) is 14.6. The van der Waals surface area contributed by atoms with Gasteiger partial charge in [0, 0.05) is 53.5 Å². The number of nitrogens with zero attached hydrogens (tertiary/aromatic N) is 13. The Morgan fingerprint density at radius 2 is 1.12 bits per heavy atom. The maximum atomic E-state index is 14.7. The summed E-state index contributed by atoms with van der Waals surface area (Å²) >= 11 is 0. The number of carbonyl (C=O) groups excluding carboxylic acids is 1. The Morgan fingerprint density at radius 3 is 1.57 bits per heavy atom. The molecule has 72 heavy (non-hydrogen) atoms. The largest absolute Gasteiger partial charge is 0.461 e. The van der Waals surface area contributed by atoms with Gasteiger partial charge in [0.2, 0.25) is 29.4 Å². The van der Waals surface area contributed by atoms with E-state index in [4.69, 9.17) is 29.4 Å². The SMILES string of the molecule is CCOC(=O)c1nn(Cc2cccnc2F)c(-c2ccon2)c1F.N=C(N)c1nn(Cc2cccnc2F)c(-c2ccon2)c1F.O=c1[nH]c(-c2cc(-c3ccon3)n(Cc3cccnc3F)n2)ncc1F. The lowest BCUT2D eigenvalue weighted by molar-refractivity contribution is 0.0513. The average molecular weight is 995 g/mol. The van der Waals surface area contributed by atoms with Gasteiger partial charge in [-0.3, -0.25) is 24.2 Å². The molecule has 0 amide bonds. The molecule has 0 aliphatic rings. The van der Waals surface area contributed by atoms with Crippen LogP contribution >= 0.6 is 0 Å². The number of esters is 1. The van der Waals surface area contributed by atoms with E-state index in [0.29, 0.717) is 17.0 Å². The fourth-order valence-electron chi connectivity index (χ4n) is 6.58. The van der Waals surface area contributed by atoms with E-state index in [1.165, 1.54) is 71.0 Å². The predicted octanol–water partition coefficient (Wildman–Crippen LogP) is 5.99. The number of hydrogen-bond donors (Lipinski definition) is 3. The number of nitrogens with two attached hydrogens (primary N) is 1. The van der Waals surface area contributed by atoms with Crippen molar-refractivity contribution >= 4 is 11.8 Å². The third-order valence-corrected chi connectivity index (χ3v) is 9.82. The molecule has 0 atom stereocenters. The molecule has 10 heterocycles. The van der Waals surface area contributed by atoms with Crippen molar-refractivity contribution < 1.29 is 49.4 Å². The number of H-pyrrole nitrogens is 1. The lowest BCUT2D eigenvalue weighted by atomic mass is 10.2. The Hall–Kier alpha value is -9.89. The van der Waals surface area contributed by atoms with Crippen LogP contribution in [-0.4, -0.2) is 88.1 Å². The second kappa shape index (κ2) is 21.6. The first-order valence-electron chi connectivity index (χ1n) is 20.7. The smallest absolute Gasteiger partial charge is 0.361 e. The minimum Gasteiger partial charge on any atom is -0.461 e. The predicted molar refractivity (Wildman–Crippen MR) is 234 cm³/mol. The van der Waals surface area contributed by atoms with Crippen LogP contribution in [0.5, 0.6) is 0 Å². The third-order valence-electron chi connectivity index (χ3n) is 9.82. The Balaban J connectivity index is 0.000000145. The molecule has 0 aliphatic carbocycles. The van der Waals surface area contributed by atoms with Gasteiger partial charge in [0.05, 0.1) is 38.1 Å². The zero-order chi connectivity index (χ0) is 50.9. The second-order valence-corrected chi connectivity index (χ2v) is 14.5. The number of halogens is 6. The highest BCUT2D eigenvalue weighted by Crippen LogP contribution is 2.28. The van der Waals surface area contributed by atoms with Gasteiger partial charge in [0.25, 0.3) is 5.56 Å². The van der Waals surface area contributed by atoms with Gasteiger partial charge in [0.15, 0.2) is 23.2 Å². The number of pyridine rings is 3. The molecular formula is C44H32F6N16O6. The van der Waals surface area contributed by atoms with Crippen LogP contribution in [-0.2, 0) is 24.4 Å². The molecule has 4 N–H and O–H groups in total. The maximum absolute atomic E-state index is 14.7. The second-order valence-electron chi connectivity index (χ2n) is 14.5. The highest BCUT2D eigenvalue weighted by Gasteiger charge is 2.28. The van der Waals surface area contributed by atoms with Gasteiger partial charge in [-0.05, 0) is 31.2 Å². The zero-order valence-electron chi connectivity index (χ0n) is 36.8. The van der Waals surface area contributed by atoms with Gasteiger partial charge in [-0.2, -0.15) is 32.9 Å². The third kappa shape index (κ3) is 10.7. The summed E-state index contributed by atoms with van der Waals surface area (Å²) in [6.07, 6.45) is 8.66. The van der Waals surface area contributed by atoms with E-state index in [2.05, 4.69) is 55.7 Å². The summed E-state index contributed by atoms with van der Waals surface area (Å²) in [6, 6.07) is 15.3. The van der Waals surface area contributed by atoms with Crippen molar-refractivity contribution in [1.82, 2.24) is 69.7 Å². The summed E-state index contributed by atoms with van der Waals surface area (Å²) < 4.78 is 106. The molecule has 0 radical (unpaired) electrons. The van der Waals surface area contributed by atoms with E-state index in [-0.39, 0.29) is 77.4 Å². The topological polar surface area (TPSA) is 292 Å². The Labute approximate surface area is 398 Å². The Bertz CT molecular complexity index is 3540. The normalized spacial score (nSPS) is 10.9. The van der Waals surface area contributed by atoms with Crippen molar-refractivity contribution in [1.29, 1.82) is 5.41 Å². The summed E-state index contributed by atoms with van der Waals surface area (Å²) in [5, 5.41) is 30.7. The van der Waals surface area contributed by atoms with Gasteiger partial charge in [-0.15, -0.1) is 0 Å². The van der Waals surface area contributed by atoms with Crippen LogP contribution in [0.1, 0.15) is 39.8 Å². The molecule has 0 bridgehead atoms.